The molecule has 2 fully saturated rings. The highest BCUT2D eigenvalue weighted by Gasteiger charge is 2.47. The van der Waals surface area contributed by atoms with Gasteiger partial charge in [0.15, 0.2) is 0 Å². The Kier molecular flexibility index (Phi) is 4.66. The second-order valence-corrected chi connectivity index (χ2v) is 6.77. The fourth-order valence-corrected chi connectivity index (χ4v) is 4.22. The van der Waals surface area contributed by atoms with Gasteiger partial charge in [-0.3, -0.25) is 9.59 Å². The molecule has 2 amide bonds. The van der Waals surface area contributed by atoms with Gasteiger partial charge in [-0.25, -0.2) is 0 Å². The van der Waals surface area contributed by atoms with E-state index >= 15 is 0 Å². The highest BCUT2D eigenvalue weighted by Crippen LogP contribution is 2.48. The van der Waals surface area contributed by atoms with Crippen molar-refractivity contribution in [3.63, 3.8) is 0 Å². The maximum Gasteiger partial charge on any atom is 0.251 e. The zero-order chi connectivity index (χ0) is 16.4. The molecule has 3 rings (SSSR count). The number of hydrogen-bond acceptors (Lipinski definition) is 3. The van der Waals surface area contributed by atoms with E-state index in [1.54, 1.807) is 6.07 Å². The molecule has 0 radical (unpaired) electrons. The average molecular weight is 316 g/mol. The maximum atomic E-state index is 12.2. The molecule has 0 heterocycles. The molecule has 2 saturated carbocycles. The molecule has 23 heavy (non-hydrogen) atoms. The van der Waals surface area contributed by atoms with Crippen molar-refractivity contribution < 1.29 is 14.7 Å². The van der Waals surface area contributed by atoms with Gasteiger partial charge in [0, 0.05) is 24.1 Å². The van der Waals surface area contributed by atoms with Crippen molar-refractivity contribution in [1.29, 1.82) is 0 Å². The summed E-state index contributed by atoms with van der Waals surface area (Å²) in [6, 6.07) is 7.37. The normalized spacial score (nSPS) is 28.6. The lowest BCUT2D eigenvalue weighted by atomic mass is 9.85. The minimum Gasteiger partial charge on any atom is -0.396 e. The van der Waals surface area contributed by atoms with Gasteiger partial charge in [0.25, 0.3) is 5.91 Å². The van der Waals surface area contributed by atoms with E-state index in [4.69, 9.17) is 0 Å². The van der Waals surface area contributed by atoms with Gasteiger partial charge >= 0.3 is 0 Å². The molecule has 5 nitrogen and oxygen atoms in total. The van der Waals surface area contributed by atoms with Crippen molar-refractivity contribution in [2.45, 2.75) is 32.2 Å². The number of fused-ring (bicyclic) bond motifs is 2. The van der Waals surface area contributed by atoms with E-state index in [-0.39, 0.29) is 36.9 Å². The smallest absolute Gasteiger partial charge is 0.251 e. The van der Waals surface area contributed by atoms with E-state index in [2.05, 4.69) is 10.6 Å². The monoisotopic (exact) mass is 316 g/mol. The van der Waals surface area contributed by atoms with Gasteiger partial charge in [-0.15, -0.1) is 0 Å². The lowest BCUT2D eigenvalue weighted by molar-refractivity contribution is -0.121. The summed E-state index contributed by atoms with van der Waals surface area (Å²) in [6.45, 7) is 1.97. The van der Waals surface area contributed by atoms with E-state index in [0.29, 0.717) is 17.4 Å². The van der Waals surface area contributed by atoms with Crippen molar-refractivity contribution in [2.24, 2.45) is 17.8 Å². The minimum absolute atomic E-state index is 0.0286. The van der Waals surface area contributed by atoms with Crippen molar-refractivity contribution in [1.82, 2.24) is 10.6 Å². The molecule has 2 bridgehead atoms. The predicted octanol–water partition coefficient (Wildman–Crippen LogP) is 1.25. The van der Waals surface area contributed by atoms with E-state index in [9.17, 15) is 14.7 Å². The van der Waals surface area contributed by atoms with Crippen LogP contribution in [-0.2, 0) is 4.79 Å². The summed E-state index contributed by atoms with van der Waals surface area (Å²) in [5.74, 6) is 0.780. The van der Waals surface area contributed by atoms with Crippen molar-refractivity contribution in [3.05, 3.63) is 35.4 Å². The number of amides is 2. The molecule has 0 spiro atoms. The van der Waals surface area contributed by atoms with Crippen LogP contribution in [0.15, 0.2) is 24.3 Å². The first-order valence-electron chi connectivity index (χ1n) is 8.34. The Balaban J connectivity index is 1.52. The van der Waals surface area contributed by atoms with E-state index in [1.807, 2.05) is 25.1 Å². The Labute approximate surface area is 136 Å². The van der Waals surface area contributed by atoms with Gasteiger partial charge in [0.1, 0.15) is 0 Å². The number of hydrogen-bond donors (Lipinski definition) is 3. The molecule has 1 aromatic carbocycles. The highest BCUT2D eigenvalue weighted by molar-refractivity contribution is 5.97. The molecule has 4 unspecified atom stereocenters. The highest BCUT2D eigenvalue weighted by atomic mass is 16.3. The third-order valence-corrected chi connectivity index (χ3v) is 5.43. The number of benzene rings is 1. The topological polar surface area (TPSA) is 78.4 Å². The van der Waals surface area contributed by atoms with Gasteiger partial charge < -0.3 is 15.7 Å². The summed E-state index contributed by atoms with van der Waals surface area (Å²) in [4.78, 5) is 24.3. The van der Waals surface area contributed by atoms with E-state index < -0.39 is 0 Å². The van der Waals surface area contributed by atoms with Crippen molar-refractivity contribution >= 4 is 11.8 Å². The zero-order valence-electron chi connectivity index (χ0n) is 13.4. The second kappa shape index (κ2) is 6.71. The first-order chi connectivity index (χ1) is 11.1. The van der Waals surface area contributed by atoms with Crippen LogP contribution in [0.3, 0.4) is 0 Å². The number of carbonyl (C=O) groups is 2. The lowest BCUT2D eigenvalue weighted by Crippen LogP contribution is -2.48. The van der Waals surface area contributed by atoms with Crippen LogP contribution in [0.4, 0.5) is 0 Å². The van der Waals surface area contributed by atoms with Crippen LogP contribution in [-0.4, -0.2) is 36.1 Å². The maximum absolute atomic E-state index is 12.2. The van der Waals surface area contributed by atoms with Crippen LogP contribution in [0, 0.1) is 24.7 Å². The summed E-state index contributed by atoms with van der Waals surface area (Å²) in [5.41, 5.74) is 1.48. The summed E-state index contributed by atoms with van der Waals surface area (Å²) in [7, 11) is 0. The SMILES string of the molecule is Cc1ccccc1C(=O)NCC(=O)NC1C2CCC(C2)C1CO. The fourth-order valence-electron chi connectivity index (χ4n) is 4.22. The van der Waals surface area contributed by atoms with E-state index in [0.717, 1.165) is 24.8 Å². The third kappa shape index (κ3) is 3.24. The zero-order valence-corrected chi connectivity index (χ0v) is 13.4. The summed E-state index contributed by atoms with van der Waals surface area (Å²) < 4.78 is 0. The molecular formula is C18H24N2O3. The second-order valence-electron chi connectivity index (χ2n) is 6.77. The number of aliphatic hydroxyl groups is 1. The Bertz CT molecular complexity index is 602. The van der Waals surface area contributed by atoms with Crippen LogP contribution in [0.25, 0.3) is 0 Å². The summed E-state index contributed by atoms with van der Waals surface area (Å²) >= 11 is 0. The van der Waals surface area contributed by atoms with Gasteiger partial charge in [0.2, 0.25) is 5.91 Å². The predicted molar refractivity (Wildman–Crippen MR) is 86.8 cm³/mol. The molecule has 2 aliphatic rings. The third-order valence-electron chi connectivity index (χ3n) is 5.43. The molecule has 0 saturated heterocycles. The van der Waals surface area contributed by atoms with Gasteiger partial charge in [-0.1, -0.05) is 18.2 Å². The Morgan fingerprint density at radius 3 is 2.70 bits per heavy atom. The number of rotatable bonds is 5. The number of aryl methyl sites for hydroxylation is 1. The van der Waals surface area contributed by atoms with Crippen molar-refractivity contribution in [3.8, 4) is 0 Å². The first kappa shape index (κ1) is 16.0. The molecular weight excluding hydrogens is 292 g/mol. The number of aliphatic hydroxyl groups excluding tert-OH is 1. The molecule has 2 aliphatic carbocycles. The Morgan fingerprint density at radius 1 is 1.22 bits per heavy atom. The first-order valence-corrected chi connectivity index (χ1v) is 8.34. The minimum atomic E-state index is -0.232. The average Bonchev–Trinajstić information content (AvgIpc) is 3.14. The molecule has 0 aromatic heterocycles. The summed E-state index contributed by atoms with van der Waals surface area (Å²) in [5, 5.41) is 15.2. The van der Waals surface area contributed by atoms with Crippen LogP contribution in [0.2, 0.25) is 0 Å². The largest absolute Gasteiger partial charge is 0.396 e. The van der Waals surface area contributed by atoms with Gasteiger partial charge in [-0.2, -0.15) is 0 Å². The van der Waals surface area contributed by atoms with E-state index in [1.165, 1.54) is 0 Å². The van der Waals surface area contributed by atoms with Crippen LogP contribution in [0.5, 0.6) is 0 Å². The van der Waals surface area contributed by atoms with Crippen LogP contribution < -0.4 is 10.6 Å². The molecule has 0 aliphatic heterocycles. The Hall–Kier alpha value is -1.88. The number of nitrogens with one attached hydrogen (secondary N) is 2. The molecule has 5 heteroatoms. The molecule has 4 atom stereocenters. The molecule has 3 N–H and O–H groups in total. The van der Waals surface area contributed by atoms with Crippen molar-refractivity contribution in [2.75, 3.05) is 13.2 Å². The lowest BCUT2D eigenvalue weighted by Gasteiger charge is -2.30. The van der Waals surface area contributed by atoms with Gasteiger partial charge in [-0.05, 0) is 49.7 Å². The van der Waals surface area contributed by atoms with Gasteiger partial charge in [0.05, 0.1) is 6.54 Å². The standard InChI is InChI=1S/C18H24N2O3/c1-11-4-2-3-5-14(11)18(23)19-9-16(22)20-17-13-7-6-12(8-13)15(17)10-21/h2-5,12-13,15,17,21H,6-10H2,1H3,(H,19,23)(H,20,22). The molecule has 124 valence electrons. The number of carbonyl (C=O) groups excluding carboxylic acids is 2. The van der Waals surface area contributed by atoms with Crippen LogP contribution >= 0.6 is 0 Å². The summed E-state index contributed by atoms with van der Waals surface area (Å²) in [6.07, 6.45) is 3.39. The quantitative estimate of drug-likeness (QED) is 0.765. The van der Waals surface area contributed by atoms with Crippen LogP contribution in [0.1, 0.15) is 35.2 Å². The molecule has 1 aromatic rings. The fraction of sp³-hybridized carbons (Fsp3) is 0.556. The Morgan fingerprint density at radius 2 is 1.96 bits per heavy atom.